The summed E-state index contributed by atoms with van der Waals surface area (Å²) in [6, 6.07) is 0. The molecule has 2 heterocycles. The van der Waals surface area contributed by atoms with E-state index in [-0.39, 0.29) is 29.9 Å². The van der Waals surface area contributed by atoms with Crippen LogP contribution in [0.15, 0.2) is 4.99 Å². The van der Waals surface area contributed by atoms with E-state index in [2.05, 4.69) is 24.8 Å². The molecule has 2 N–H and O–H groups in total. The van der Waals surface area contributed by atoms with Gasteiger partial charge in [0.05, 0.1) is 19.3 Å². The van der Waals surface area contributed by atoms with Gasteiger partial charge in [-0.05, 0) is 40.0 Å². The maximum Gasteiger partial charge on any atom is 0.236 e. The van der Waals surface area contributed by atoms with Crippen molar-refractivity contribution in [1.29, 1.82) is 0 Å². The molecule has 0 aliphatic carbocycles. The summed E-state index contributed by atoms with van der Waals surface area (Å²) in [7, 11) is -3.29. The Morgan fingerprint density at radius 1 is 1.00 bits per heavy atom. The van der Waals surface area contributed by atoms with Crippen LogP contribution in [0.4, 0.5) is 0 Å². The van der Waals surface area contributed by atoms with Crippen molar-refractivity contribution in [2.24, 2.45) is 4.99 Å². The fraction of sp³-hybridized carbons (Fsp3) is 0.895. The molecule has 2 fully saturated rings. The van der Waals surface area contributed by atoms with E-state index >= 15 is 0 Å². The van der Waals surface area contributed by atoms with Crippen molar-refractivity contribution in [2.45, 2.75) is 45.6 Å². The van der Waals surface area contributed by atoms with Crippen molar-refractivity contribution < 1.29 is 13.2 Å². The Morgan fingerprint density at radius 3 is 2.13 bits per heavy atom. The van der Waals surface area contributed by atoms with E-state index in [1.807, 2.05) is 25.7 Å². The standard InChI is InChI=1S/C19H38N6O3S.HI/c1-5-20-18(21-16-19(2,3)22-29(4,27)28)25-13-11-23(12-14-25)15-17(26)24-9-7-6-8-10-24;/h22H,5-16H2,1-4H3,(H,20,21);1H. The van der Waals surface area contributed by atoms with Gasteiger partial charge in [-0.3, -0.25) is 14.7 Å². The second kappa shape index (κ2) is 12.4. The zero-order valence-corrected chi connectivity index (χ0v) is 22.0. The molecule has 1 amide bonds. The summed E-state index contributed by atoms with van der Waals surface area (Å²) in [5.74, 6) is 1.03. The Morgan fingerprint density at radius 2 is 1.60 bits per heavy atom. The highest BCUT2D eigenvalue weighted by molar-refractivity contribution is 14.0. The molecule has 0 spiro atoms. The molecule has 2 rings (SSSR count). The number of likely N-dealkylation sites (tertiary alicyclic amines) is 1. The van der Waals surface area contributed by atoms with Gasteiger partial charge in [0.2, 0.25) is 15.9 Å². The molecule has 2 aliphatic heterocycles. The highest BCUT2D eigenvalue weighted by Crippen LogP contribution is 2.11. The molecule has 9 nitrogen and oxygen atoms in total. The van der Waals surface area contributed by atoms with Crippen LogP contribution in [0.2, 0.25) is 0 Å². The van der Waals surface area contributed by atoms with Gasteiger partial charge >= 0.3 is 0 Å². The third-order valence-corrected chi connectivity index (χ3v) is 6.08. The van der Waals surface area contributed by atoms with Gasteiger partial charge < -0.3 is 15.1 Å². The number of rotatable bonds is 7. The fourth-order valence-corrected chi connectivity index (χ4v) is 4.85. The van der Waals surface area contributed by atoms with Crippen molar-refractivity contribution >= 4 is 45.9 Å². The van der Waals surface area contributed by atoms with Gasteiger partial charge in [-0.15, -0.1) is 24.0 Å². The predicted molar refractivity (Wildman–Crippen MR) is 132 cm³/mol. The van der Waals surface area contributed by atoms with E-state index in [0.717, 1.165) is 70.9 Å². The van der Waals surface area contributed by atoms with Crippen molar-refractivity contribution in [2.75, 3.05) is 65.2 Å². The molecular formula is C19H39IN6O3S. The minimum absolute atomic E-state index is 0. The third kappa shape index (κ3) is 9.65. The average molecular weight is 559 g/mol. The maximum absolute atomic E-state index is 12.5. The first kappa shape index (κ1) is 27.4. The van der Waals surface area contributed by atoms with Crippen LogP contribution in [0.3, 0.4) is 0 Å². The van der Waals surface area contributed by atoms with Crippen LogP contribution < -0.4 is 10.0 Å². The molecule has 0 radical (unpaired) electrons. The number of amides is 1. The van der Waals surface area contributed by atoms with Crippen LogP contribution in [-0.2, 0) is 14.8 Å². The monoisotopic (exact) mass is 558 g/mol. The number of carbonyl (C=O) groups excluding carboxylic acids is 1. The average Bonchev–Trinajstić information content (AvgIpc) is 2.64. The van der Waals surface area contributed by atoms with Gasteiger partial charge in [0.1, 0.15) is 0 Å². The molecule has 0 aromatic rings. The number of piperazine rings is 1. The predicted octanol–water partition coefficient (Wildman–Crippen LogP) is 0.528. The Bertz CT molecular complexity index is 672. The number of halogens is 1. The van der Waals surface area contributed by atoms with Crippen LogP contribution >= 0.6 is 24.0 Å². The maximum atomic E-state index is 12.5. The molecule has 0 bridgehead atoms. The third-order valence-electron chi connectivity index (χ3n) is 5.16. The normalized spacial score (nSPS) is 19.4. The SMILES string of the molecule is CCNC(=NCC(C)(C)NS(C)(=O)=O)N1CCN(CC(=O)N2CCCCC2)CC1.I. The van der Waals surface area contributed by atoms with Crippen LogP contribution in [0, 0.1) is 0 Å². The number of piperidine rings is 1. The Hall–Kier alpha value is -0.660. The molecule has 0 aromatic heterocycles. The zero-order valence-electron chi connectivity index (χ0n) is 18.8. The smallest absolute Gasteiger partial charge is 0.236 e. The van der Waals surface area contributed by atoms with E-state index in [1.165, 1.54) is 6.42 Å². The fourth-order valence-electron chi connectivity index (χ4n) is 3.78. The highest BCUT2D eigenvalue weighted by atomic mass is 127. The van der Waals surface area contributed by atoms with Crippen LogP contribution in [0.5, 0.6) is 0 Å². The number of hydrogen-bond donors (Lipinski definition) is 2. The molecule has 2 aliphatic rings. The summed E-state index contributed by atoms with van der Waals surface area (Å²) in [4.78, 5) is 23.5. The first-order chi connectivity index (χ1) is 13.6. The van der Waals surface area contributed by atoms with Gasteiger partial charge in [0.25, 0.3) is 0 Å². The number of sulfonamides is 1. The second-order valence-electron chi connectivity index (χ2n) is 8.63. The summed E-state index contributed by atoms with van der Waals surface area (Å²) in [6.07, 6.45) is 4.62. The van der Waals surface area contributed by atoms with Gasteiger partial charge in [-0.2, -0.15) is 0 Å². The van der Waals surface area contributed by atoms with Gasteiger partial charge in [0, 0.05) is 51.4 Å². The number of aliphatic imine (C=N–C) groups is 1. The lowest BCUT2D eigenvalue weighted by Gasteiger charge is -2.37. The molecule has 0 unspecified atom stereocenters. The molecule has 176 valence electrons. The lowest BCUT2D eigenvalue weighted by atomic mass is 10.1. The lowest BCUT2D eigenvalue weighted by Crippen LogP contribution is -2.55. The number of nitrogens with zero attached hydrogens (tertiary/aromatic N) is 4. The van der Waals surface area contributed by atoms with Crippen LogP contribution in [-0.4, -0.2) is 106 Å². The molecule has 30 heavy (non-hydrogen) atoms. The van der Waals surface area contributed by atoms with Crippen molar-refractivity contribution in [1.82, 2.24) is 24.7 Å². The van der Waals surface area contributed by atoms with E-state index in [1.54, 1.807) is 0 Å². The van der Waals surface area contributed by atoms with Crippen molar-refractivity contribution in [3.05, 3.63) is 0 Å². The second-order valence-corrected chi connectivity index (χ2v) is 10.4. The van der Waals surface area contributed by atoms with E-state index < -0.39 is 15.6 Å². The van der Waals surface area contributed by atoms with E-state index in [9.17, 15) is 13.2 Å². The Labute approximate surface area is 199 Å². The molecule has 11 heteroatoms. The lowest BCUT2D eigenvalue weighted by molar-refractivity contribution is -0.133. The summed E-state index contributed by atoms with van der Waals surface area (Å²) >= 11 is 0. The van der Waals surface area contributed by atoms with Gasteiger partial charge in [0.15, 0.2) is 5.96 Å². The molecule has 2 saturated heterocycles. The number of hydrogen-bond acceptors (Lipinski definition) is 5. The number of guanidine groups is 1. The first-order valence-electron chi connectivity index (χ1n) is 10.6. The Kier molecular flexibility index (Phi) is 11.3. The Balaban J connectivity index is 0.00000450. The molecule has 0 aromatic carbocycles. The number of carbonyl (C=O) groups is 1. The van der Waals surface area contributed by atoms with Gasteiger partial charge in [-0.1, -0.05) is 0 Å². The largest absolute Gasteiger partial charge is 0.357 e. The minimum Gasteiger partial charge on any atom is -0.357 e. The minimum atomic E-state index is -3.29. The first-order valence-corrected chi connectivity index (χ1v) is 12.5. The topological polar surface area (TPSA) is 97.3 Å². The quantitative estimate of drug-likeness (QED) is 0.269. The van der Waals surface area contributed by atoms with Crippen LogP contribution in [0.1, 0.15) is 40.0 Å². The van der Waals surface area contributed by atoms with Gasteiger partial charge in [-0.25, -0.2) is 13.1 Å². The molecular weight excluding hydrogens is 519 g/mol. The summed E-state index contributed by atoms with van der Waals surface area (Å²) in [6.45, 7) is 12.2. The van der Waals surface area contributed by atoms with Crippen molar-refractivity contribution in [3.63, 3.8) is 0 Å². The molecule has 0 saturated carbocycles. The summed E-state index contributed by atoms with van der Waals surface area (Å²) in [5.41, 5.74) is -0.656. The molecule has 0 atom stereocenters. The highest BCUT2D eigenvalue weighted by Gasteiger charge is 2.26. The summed E-state index contributed by atoms with van der Waals surface area (Å²) < 4.78 is 25.7. The van der Waals surface area contributed by atoms with Crippen molar-refractivity contribution in [3.8, 4) is 0 Å². The van der Waals surface area contributed by atoms with Crippen LogP contribution in [0.25, 0.3) is 0 Å². The number of nitrogens with one attached hydrogen (secondary N) is 2. The zero-order chi connectivity index (χ0) is 21.5. The summed E-state index contributed by atoms with van der Waals surface area (Å²) in [5, 5.41) is 3.30. The van der Waals surface area contributed by atoms with E-state index in [4.69, 9.17) is 0 Å². The van der Waals surface area contributed by atoms with E-state index in [0.29, 0.717) is 13.1 Å².